The average Bonchev–Trinajstić information content (AvgIpc) is 3.59. The average molecular weight is 709 g/mol. The van der Waals surface area contributed by atoms with E-state index in [1.807, 2.05) is 6.07 Å². The van der Waals surface area contributed by atoms with Gasteiger partial charge < -0.3 is 5.73 Å². The second-order valence-corrected chi connectivity index (χ2v) is 16.6. The summed E-state index contributed by atoms with van der Waals surface area (Å²) in [6, 6.07) is 8.35. The molecule has 296 valence electrons. The topological polar surface area (TPSA) is 56.7 Å². The molecule has 0 aliphatic rings. The van der Waals surface area contributed by atoms with Gasteiger partial charge in [-0.2, -0.15) is 0 Å². The SMILES string of the molecule is CCCCCCCCCCCCCCCCCCCCC(N)(CCCCCCCCCCCCCCCCCCCC)n1nnc2ccccc21. The van der Waals surface area contributed by atoms with Gasteiger partial charge in [0.25, 0.3) is 0 Å². The molecule has 0 atom stereocenters. The molecular weight excluding hydrogens is 621 g/mol. The smallest absolute Gasteiger partial charge is 0.113 e. The maximum absolute atomic E-state index is 7.23. The number of para-hydroxylation sites is 1. The van der Waals surface area contributed by atoms with Gasteiger partial charge in [-0.3, -0.25) is 0 Å². The number of hydrogen-bond donors (Lipinski definition) is 1. The summed E-state index contributed by atoms with van der Waals surface area (Å²) in [5, 5.41) is 9.08. The molecule has 2 rings (SSSR count). The number of fused-ring (bicyclic) bond motifs is 1. The van der Waals surface area contributed by atoms with Gasteiger partial charge in [-0.05, 0) is 37.8 Å². The summed E-state index contributed by atoms with van der Waals surface area (Å²) in [5.74, 6) is 0. The Kier molecular flexibility index (Phi) is 29.7. The van der Waals surface area contributed by atoms with E-state index in [2.05, 4.69) is 47.0 Å². The molecular formula is C47H88N4. The molecule has 0 fully saturated rings. The molecule has 2 N–H and O–H groups in total. The molecule has 51 heavy (non-hydrogen) atoms. The van der Waals surface area contributed by atoms with Crippen LogP contribution in [-0.2, 0) is 5.66 Å². The molecule has 0 unspecified atom stereocenters. The highest BCUT2D eigenvalue weighted by molar-refractivity contribution is 5.74. The molecule has 1 aromatic carbocycles. The van der Waals surface area contributed by atoms with E-state index < -0.39 is 5.66 Å². The number of nitrogens with two attached hydrogens (primary N) is 1. The molecule has 4 heteroatoms. The maximum atomic E-state index is 7.23. The first kappa shape index (κ1) is 45.7. The minimum Gasteiger partial charge on any atom is -0.307 e. The Balaban J connectivity index is 1.50. The monoisotopic (exact) mass is 709 g/mol. The first-order valence-corrected chi connectivity index (χ1v) is 23.3. The second kappa shape index (κ2) is 33.2. The van der Waals surface area contributed by atoms with Crippen LogP contribution in [0.25, 0.3) is 11.0 Å². The summed E-state index contributed by atoms with van der Waals surface area (Å²) in [6.45, 7) is 4.61. The molecule has 1 aromatic heterocycles. The van der Waals surface area contributed by atoms with Crippen LogP contribution >= 0.6 is 0 Å². The number of unbranched alkanes of at least 4 members (excludes halogenated alkanes) is 34. The molecule has 0 aliphatic carbocycles. The predicted molar refractivity (Wildman–Crippen MR) is 226 cm³/mol. The van der Waals surface area contributed by atoms with Gasteiger partial charge >= 0.3 is 0 Å². The van der Waals surface area contributed by atoms with Gasteiger partial charge in [-0.25, -0.2) is 4.68 Å². The van der Waals surface area contributed by atoms with E-state index in [-0.39, 0.29) is 0 Å². The summed E-state index contributed by atoms with van der Waals surface area (Å²) >= 11 is 0. The zero-order chi connectivity index (χ0) is 36.3. The van der Waals surface area contributed by atoms with Crippen LogP contribution < -0.4 is 5.73 Å². The van der Waals surface area contributed by atoms with Crippen molar-refractivity contribution in [2.75, 3.05) is 0 Å². The Morgan fingerprint density at radius 3 is 1.00 bits per heavy atom. The van der Waals surface area contributed by atoms with Gasteiger partial charge in [-0.1, -0.05) is 250 Å². The summed E-state index contributed by atoms with van der Waals surface area (Å²) in [4.78, 5) is 0. The Hall–Kier alpha value is -1.42. The third-order valence-corrected chi connectivity index (χ3v) is 11.7. The van der Waals surface area contributed by atoms with Crippen LogP contribution in [0.4, 0.5) is 0 Å². The Bertz CT molecular complexity index is 959. The normalized spacial score (nSPS) is 12.1. The standard InChI is InChI=1S/C47H88N4/c1-3-5-7-9-11-13-15-17-19-21-23-25-27-29-31-33-35-39-43-47(48,51-46-42-38-37-41-45(46)49-50-51)44-40-36-34-32-30-28-26-24-22-20-18-16-14-12-10-8-6-4-2/h37-38,41-42H,3-36,39-40,43-44,48H2,1-2H3. The van der Waals surface area contributed by atoms with E-state index in [1.54, 1.807) is 0 Å². The lowest BCUT2D eigenvalue weighted by Gasteiger charge is -2.30. The fourth-order valence-electron chi connectivity index (χ4n) is 8.20. The highest BCUT2D eigenvalue weighted by atomic mass is 15.5. The summed E-state index contributed by atoms with van der Waals surface area (Å²) < 4.78 is 2.07. The van der Waals surface area contributed by atoms with E-state index >= 15 is 0 Å². The molecule has 0 aliphatic heterocycles. The molecule has 0 spiro atoms. The molecule has 0 radical (unpaired) electrons. The first-order valence-electron chi connectivity index (χ1n) is 23.3. The van der Waals surface area contributed by atoms with Crippen LogP contribution in [0, 0.1) is 0 Å². The van der Waals surface area contributed by atoms with Gasteiger partial charge in [0.15, 0.2) is 0 Å². The van der Waals surface area contributed by atoms with Crippen LogP contribution in [-0.4, -0.2) is 15.0 Å². The number of aromatic nitrogens is 3. The van der Waals surface area contributed by atoms with E-state index in [9.17, 15) is 0 Å². The lowest BCUT2D eigenvalue weighted by atomic mass is 9.94. The van der Waals surface area contributed by atoms with E-state index in [4.69, 9.17) is 5.73 Å². The van der Waals surface area contributed by atoms with Crippen molar-refractivity contribution in [2.24, 2.45) is 5.73 Å². The molecule has 2 aromatic rings. The van der Waals surface area contributed by atoms with Crippen LogP contribution in [0.2, 0.25) is 0 Å². The first-order chi connectivity index (χ1) is 25.2. The minimum atomic E-state index is -0.430. The van der Waals surface area contributed by atoms with Crippen LogP contribution in [0.15, 0.2) is 24.3 Å². The number of hydrogen-bond acceptors (Lipinski definition) is 3. The Labute approximate surface area is 318 Å². The van der Waals surface area contributed by atoms with Crippen molar-refractivity contribution in [2.45, 2.75) is 264 Å². The van der Waals surface area contributed by atoms with Crippen LogP contribution in [0.1, 0.15) is 258 Å². The van der Waals surface area contributed by atoms with E-state index in [0.29, 0.717) is 0 Å². The fraction of sp³-hybridized carbons (Fsp3) is 0.872. The quantitative estimate of drug-likeness (QED) is 0.0703. The second-order valence-electron chi connectivity index (χ2n) is 16.6. The number of rotatable bonds is 39. The largest absolute Gasteiger partial charge is 0.307 e. The highest BCUT2D eigenvalue weighted by Crippen LogP contribution is 2.28. The highest BCUT2D eigenvalue weighted by Gasteiger charge is 2.29. The van der Waals surface area contributed by atoms with Gasteiger partial charge in [0, 0.05) is 0 Å². The summed E-state index contributed by atoms with van der Waals surface area (Å²) in [6.07, 6.45) is 52.6. The minimum absolute atomic E-state index is 0.430. The number of benzene rings is 1. The van der Waals surface area contributed by atoms with Crippen molar-refractivity contribution in [3.05, 3.63) is 24.3 Å². The molecule has 4 nitrogen and oxygen atoms in total. The lowest BCUT2D eigenvalue weighted by Crippen LogP contribution is -2.44. The van der Waals surface area contributed by atoms with Crippen molar-refractivity contribution in [3.63, 3.8) is 0 Å². The Morgan fingerprint density at radius 1 is 0.412 bits per heavy atom. The van der Waals surface area contributed by atoms with Gasteiger partial charge in [-0.15, -0.1) is 5.10 Å². The third kappa shape index (κ3) is 23.8. The van der Waals surface area contributed by atoms with Crippen molar-refractivity contribution in [1.82, 2.24) is 15.0 Å². The van der Waals surface area contributed by atoms with Crippen molar-refractivity contribution >= 4 is 11.0 Å². The van der Waals surface area contributed by atoms with Crippen LogP contribution in [0.3, 0.4) is 0 Å². The van der Waals surface area contributed by atoms with Gasteiger partial charge in [0.05, 0.1) is 5.52 Å². The lowest BCUT2D eigenvalue weighted by molar-refractivity contribution is 0.212. The number of nitrogens with zero attached hydrogens (tertiary/aromatic N) is 3. The Morgan fingerprint density at radius 2 is 0.686 bits per heavy atom. The van der Waals surface area contributed by atoms with E-state index in [0.717, 1.165) is 23.9 Å². The van der Waals surface area contributed by atoms with Gasteiger partial charge in [0.1, 0.15) is 11.2 Å². The van der Waals surface area contributed by atoms with Crippen molar-refractivity contribution < 1.29 is 0 Å². The van der Waals surface area contributed by atoms with Crippen molar-refractivity contribution in [3.8, 4) is 0 Å². The zero-order valence-electron chi connectivity index (χ0n) is 34.6. The summed E-state index contributed by atoms with van der Waals surface area (Å²) in [5.41, 5.74) is 8.85. The molecule has 0 saturated carbocycles. The fourth-order valence-corrected chi connectivity index (χ4v) is 8.20. The van der Waals surface area contributed by atoms with Crippen molar-refractivity contribution in [1.29, 1.82) is 0 Å². The summed E-state index contributed by atoms with van der Waals surface area (Å²) in [7, 11) is 0. The molecule has 0 amide bonds. The van der Waals surface area contributed by atoms with Gasteiger partial charge in [0.2, 0.25) is 0 Å². The molecule has 0 bridgehead atoms. The molecule has 0 saturated heterocycles. The molecule has 1 heterocycles. The maximum Gasteiger partial charge on any atom is 0.113 e. The third-order valence-electron chi connectivity index (χ3n) is 11.7. The zero-order valence-corrected chi connectivity index (χ0v) is 34.6. The van der Waals surface area contributed by atoms with Crippen LogP contribution in [0.5, 0.6) is 0 Å². The van der Waals surface area contributed by atoms with E-state index in [1.165, 1.54) is 231 Å². The predicted octanol–water partition coefficient (Wildman–Crippen LogP) is 15.9.